The molecule has 0 atom stereocenters. The molecule has 0 fully saturated rings. The maximum atomic E-state index is 11.5. The van der Waals surface area contributed by atoms with E-state index in [1.54, 1.807) is 12.3 Å². The lowest BCUT2D eigenvalue weighted by Gasteiger charge is -2.36. The van der Waals surface area contributed by atoms with Crippen LogP contribution in [0.1, 0.15) is 0 Å². The molecule has 0 aliphatic carbocycles. The van der Waals surface area contributed by atoms with E-state index in [2.05, 4.69) is 9.88 Å². The van der Waals surface area contributed by atoms with E-state index in [1.807, 2.05) is 60.7 Å². The van der Waals surface area contributed by atoms with Gasteiger partial charge in [0, 0.05) is 31.0 Å². The van der Waals surface area contributed by atoms with Crippen molar-refractivity contribution < 1.29 is 14.6 Å². The van der Waals surface area contributed by atoms with E-state index >= 15 is 0 Å². The Labute approximate surface area is 150 Å². The van der Waals surface area contributed by atoms with E-state index in [1.165, 1.54) is 4.90 Å². The molecule has 6 heteroatoms. The number of carboxylic acid groups (broad SMARTS) is 1. The minimum absolute atomic E-state index is 0.415. The van der Waals surface area contributed by atoms with Gasteiger partial charge in [-0.15, -0.1) is 0 Å². The van der Waals surface area contributed by atoms with Crippen LogP contribution < -0.4 is 14.5 Å². The van der Waals surface area contributed by atoms with Crippen LogP contribution in [0.25, 0.3) is 0 Å². The van der Waals surface area contributed by atoms with Crippen molar-refractivity contribution in [3.8, 4) is 11.6 Å². The first-order valence-corrected chi connectivity index (χ1v) is 8.28. The number of aromatic nitrogens is 1. The van der Waals surface area contributed by atoms with Crippen LogP contribution in [0.5, 0.6) is 11.6 Å². The number of benzene rings is 2. The molecule has 1 aromatic heterocycles. The van der Waals surface area contributed by atoms with Gasteiger partial charge in [-0.25, -0.2) is 9.78 Å². The third-order valence-electron chi connectivity index (χ3n) is 4.25. The third kappa shape index (κ3) is 3.04. The van der Waals surface area contributed by atoms with Crippen molar-refractivity contribution >= 4 is 23.2 Å². The predicted octanol–water partition coefficient (Wildman–Crippen LogP) is 4.51. The fourth-order valence-corrected chi connectivity index (χ4v) is 3.05. The maximum absolute atomic E-state index is 11.5. The lowest BCUT2D eigenvalue weighted by molar-refractivity contribution is 0.201. The van der Waals surface area contributed by atoms with E-state index in [-0.39, 0.29) is 0 Å². The summed E-state index contributed by atoms with van der Waals surface area (Å²) < 4.78 is 5.72. The molecule has 0 spiro atoms. The van der Waals surface area contributed by atoms with Crippen molar-refractivity contribution in [1.29, 1.82) is 0 Å². The summed E-state index contributed by atoms with van der Waals surface area (Å²) in [6.45, 7) is 1.00. The summed E-state index contributed by atoms with van der Waals surface area (Å²) in [5, 5.41) is 9.40. The smallest absolute Gasteiger partial charge is 0.411 e. The highest BCUT2D eigenvalue weighted by atomic mass is 16.5. The highest BCUT2D eigenvalue weighted by Crippen LogP contribution is 2.38. The van der Waals surface area contributed by atoms with Crippen molar-refractivity contribution in [3.63, 3.8) is 0 Å². The van der Waals surface area contributed by atoms with Gasteiger partial charge < -0.3 is 14.7 Å². The predicted molar refractivity (Wildman–Crippen MR) is 99.6 cm³/mol. The summed E-state index contributed by atoms with van der Waals surface area (Å²) in [5.74, 6) is 1.24. The van der Waals surface area contributed by atoms with Crippen LogP contribution in [0, 0.1) is 0 Å². The number of para-hydroxylation sites is 2. The van der Waals surface area contributed by atoms with Crippen LogP contribution >= 0.6 is 0 Å². The molecule has 0 radical (unpaired) electrons. The zero-order chi connectivity index (χ0) is 17.9. The second-order valence-corrected chi connectivity index (χ2v) is 5.84. The Kier molecular flexibility index (Phi) is 4.15. The SMILES string of the molecule is O=C(O)N1CCN(c2ccc(Oc3ccccn3)cc2)c2ccccc21. The molecule has 130 valence electrons. The monoisotopic (exact) mass is 347 g/mol. The van der Waals surface area contributed by atoms with Crippen molar-refractivity contribution in [3.05, 3.63) is 72.9 Å². The van der Waals surface area contributed by atoms with Crippen LogP contribution in [-0.4, -0.2) is 29.3 Å². The summed E-state index contributed by atoms with van der Waals surface area (Å²) in [7, 11) is 0. The number of nitrogens with zero attached hydrogens (tertiary/aromatic N) is 3. The molecular formula is C20H17N3O3. The second-order valence-electron chi connectivity index (χ2n) is 5.84. The molecule has 0 bridgehead atoms. The molecule has 0 saturated heterocycles. The number of amides is 1. The van der Waals surface area contributed by atoms with Crippen LogP contribution in [0.3, 0.4) is 0 Å². The van der Waals surface area contributed by atoms with Crippen LogP contribution in [-0.2, 0) is 0 Å². The first-order chi connectivity index (χ1) is 12.7. The maximum Gasteiger partial charge on any atom is 0.411 e. The Morgan fingerprint density at radius 3 is 2.35 bits per heavy atom. The van der Waals surface area contributed by atoms with E-state index in [4.69, 9.17) is 4.74 Å². The number of anilines is 3. The van der Waals surface area contributed by atoms with Gasteiger partial charge in [0.2, 0.25) is 5.88 Å². The summed E-state index contributed by atoms with van der Waals surface area (Å²) in [4.78, 5) is 19.1. The topological polar surface area (TPSA) is 65.9 Å². The number of hydrogen-bond acceptors (Lipinski definition) is 4. The van der Waals surface area contributed by atoms with Gasteiger partial charge in [0.15, 0.2) is 0 Å². The van der Waals surface area contributed by atoms with E-state index in [9.17, 15) is 9.90 Å². The Morgan fingerprint density at radius 1 is 0.923 bits per heavy atom. The first-order valence-electron chi connectivity index (χ1n) is 8.28. The first kappa shape index (κ1) is 16.0. The molecule has 26 heavy (non-hydrogen) atoms. The molecule has 0 unspecified atom stereocenters. The standard InChI is InChI=1S/C20H17N3O3/c24-20(25)23-14-13-22(17-5-1-2-6-18(17)23)15-8-10-16(11-9-15)26-19-7-3-4-12-21-19/h1-12H,13-14H2,(H,24,25). The largest absolute Gasteiger partial charge is 0.465 e. The van der Waals surface area contributed by atoms with Crippen LogP contribution in [0.4, 0.5) is 21.9 Å². The van der Waals surface area contributed by atoms with Gasteiger partial charge >= 0.3 is 6.09 Å². The molecule has 1 aliphatic heterocycles. The van der Waals surface area contributed by atoms with Gasteiger partial charge in [-0.05, 0) is 42.5 Å². The van der Waals surface area contributed by atoms with Crippen LogP contribution in [0.2, 0.25) is 0 Å². The van der Waals surface area contributed by atoms with Gasteiger partial charge in [0.25, 0.3) is 0 Å². The van der Waals surface area contributed by atoms with Crippen molar-refractivity contribution in [1.82, 2.24) is 4.98 Å². The Bertz CT molecular complexity index is 913. The lowest BCUT2D eigenvalue weighted by atomic mass is 10.1. The molecule has 6 nitrogen and oxygen atoms in total. The minimum Gasteiger partial charge on any atom is -0.465 e. The summed E-state index contributed by atoms with van der Waals surface area (Å²) in [6.07, 6.45) is 0.749. The molecule has 2 aromatic carbocycles. The van der Waals surface area contributed by atoms with E-state index in [0.29, 0.717) is 30.4 Å². The van der Waals surface area contributed by atoms with Crippen molar-refractivity contribution in [2.24, 2.45) is 0 Å². The molecule has 1 aliphatic rings. The Hall–Kier alpha value is -3.54. The van der Waals surface area contributed by atoms with Gasteiger partial charge in [0.05, 0.1) is 11.4 Å². The van der Waals surface area contributed by atoms with Gasteiger partial charge in [-0.2, -0.15) is 0 Å². The third-order valence-corrected chi connectivity index (χ3v) is 4.25. The molecule has 2 heterocycles. The number of ether oxygens (including phenoxy) is 1. The molecule has 0 saturated carbocycles. The van der Waals surface area contributed by atoms with Crippen LogP contribution in [0.15, 0.2) is 72.9 Å². The second kappa shape index (κ2) is 6.76. The Morgan fingerprint density at radius 2 is 1.65 bits per heavy atom. The minimum atomic E-state index is -0.934. The molecule has 1 N–H and O–H groups in total. The summed E-state index contributed by atoms with van der Waals surface area (Å²) >= 11 is 0. The molecule has 3 aromatic rings. The van der Waals surface area contributed by atoms with Crippen molar-refractivity contribution in [2.75, 3.05) is 22.9 Å². The van der Waals surface area contributed by atoms with Gasteiger partial charge in [0.1, 0.15) is 5.75 Å². The zero-order valence-electron chi connectivity index (χ0n) is 13.9. The number of carbonyl (C=O) groups is 1. The summed E-state index contributed by atoms with van der Waals surface area (Å²) in [6, 6.07) is 20.7. The van der Waals surface area contributed by atoms with E-state index < -0.39 is 6.09 Å². The fraction of sp³-hybridized carbons (Fsp3) is 0.100. The molecular weight excluding hydrogens is 330 g/mol. The fourth-order valence-electron chi connectivity index (χ4n) is 3.05. The zero-order valence-corrected chi connectivity index (χ0v) is 13.9. The van der Waals surface area contributed by atoms with Gasteiger partial charge in [-0.3, -0.25) is 4.90 Å². The highest BCUT2D eigenvalue weighted by Gasteiger charge is 2.26. The quantitative estimate of drug-likeness (QED) is 0.755. The average Bonchev–Trinajstić information content (AvgIpc) is 2.68. The van der Waals surface area contributed by atoms with Crippen molar-refractivity contribution in [2.45, 2.75) is 0 Å². The lowest BCUT2D eigenvalue weighted by Crippen LogP contribution is -2.41. The highest BCUT2D eigenvalue weighted by molar-refractivity contribution is 5.94. The number of hydrogen-bond donors (Lipinski definition) is 1. The normalized spacial score (nSPS) is 13.2. The molecule has 1 amide bonds. The Balaban J connectivity index is 1.60. The molecule has 4 rings (SSSR count). The summed E-state index contributed by atoms with van der Waals surface area (Å²) in [5.41, 5.74) is 2.55. The number of pyridine rings is 1. The van der Waals surface area contributed by atoms with E-state index in [0.717, 1.165) is 11.4 Å². The van der Waals surface area contributed by atoms with Gasteiger partial charge in [-0.1, -0.05) is 18.2 Å². The average molecular weight is 347 g/mol. The number of fused-ring (bicyclic) bond motifs is 1. The number of rotatable bonds is 3.